The van der Waals surface area contributed by atoms with Gasteiger partial charge in [0, 0.05) is 31.6 Å². The van der Waals surface area contributed by atoms with Gasteiger partial charge in [0.05, 0.1) is 25.0 Å². The molecule has 2 saturated heterocycles. The van der Waals surface area contributed by atoms with Crippen LogP contribution in [0.5, 0.6) is 0 Å². The van der Waals surface area contributed by atoms with E-state index in [9.17, 15) is 9.59 Å². The van der Waals surface area contributed by atoms with Gasteiger partial charge in [-0.2, -0.15) is 0 Å². The predicted molar refractivity (Wildman–Crippen MR) is 106 cm³/mol. The summed E-state index contributed by atoms with van der Waals surface area (Å²) >= 11 is 0. The first-order valence-electron chi connectivity index (χ1n) is 10.3. The van der Waals surface area contributed by atoms with Crippen LogP contribution in [0.3, 0.4) is 0 Å². The maximum Gasteiger partial charge on any atom is 0.228 e. The van der Waals surface area contributed by atoms with Crippen molar-refractivity contribution in [2.24, 2.45) is 11.8 Å². The Balaban J connectivity index is 1.33. The second kappa shape index (κ2) is 7.16. The molecular weight excluding hydrogens is 356 g/mol. The number of ether oxygens (including phenoxy) is 2. The molecule has 6 heteroatoms. The van der Waals surface area contributed by atoms with Gasteiger partial charge in [0.2, 0.25) is 11.8 Å². The van der Waals surface area contributed by atoms with E-state index in [-0.39, 0.29) is 29.1 Å². The van der Waals surface area contributed by atoms with Gasteiger partial charge >= 0.3 is 0 Å². The SMILES string of the molecule is CC(C)(C)c1ccccc1NC(=O)C1CC1C(=O)N1CCC2(CC1)OCCO2. The lowest BCUT2D eigenvalue weighted by molar-refractivity contribution is -0.187. The molecule has 2 atom stereocenters. The average Bonchev–Trinajstić information content (AvgIpc) is 3.35. The Morgan fingerprint density at radius 1 is 1.07 bits per heavy atom. The van der Waals surface area contributed by atoms with Crippen LogP contribution in [-0.2, 0) is 24.5 Å². The number of anilines is 1. The lowest BCUT2D eigenvalue weighted by Gasteiger charge is -2.37. The van der Waals surface area contributed by atoms with Gasteiger partial charge in [0.25, 0.3) is 0 Å². The number of amides is 2. The number of carbonyl (C=O) groups is 2. The van der Waals surface area contributed by atoms with Crippen LogP contribution in [0.1, 0.15) is 45.6 Å². The number of rotatable bonds is 3. The molecule has 1 saturated carbocycles. The summed E-state index contributed by atoms with van der Waals surface area (Å²) in [6.45, 7) is 8.92. The zero-order valence-electron chi connectivity index (χ0n) is 17.0. The van der Waals surface area contributed by atoms with E-state index < -0.39 is 5.79 Å². The summed E-state index contributed by atoms with van der Waals surface area (Å²) in [5.74, 6) is -0.854. The Morgan fingerprint density at radius 2 is 1.71 bits per heavy atom. The van der Waals surface area contributed by atoms with Gasteiger partial charge in [-0.1, -0.05) is 39.0 Å². The van der Waals surface area contributed by atoms with Gasteiger partial charge in [-0.25, -0.2) is 0 Å². The molecule has 2 unspecified atom stereocenters. The molecule has 2 heterocycles. The highest BCUT2D eigenvalue weighted by Gasteiger charge is 2.51. The van der Waals surface area contributed by atoms with E-state index in [1.807, 2.05) is 29.2 Å². The van der Waals surface area contributed by atoms with Crippen molar-refractivity contribution in [3.8, 4) is 0 Å². The van der Waals surface area contributed by atoms with Crippen molar-refractivity contribution in [2.45, 2.75) is 51.2 Å². The first-order valence-corrected chi connectivity index (χ1v) is 10.3. The smallest absolute Gasteiger partial charge is 0.228 e. The molecule has 3 aliphatic rings. The van der Waals surface area contributed by atoms with Crippen LogP contribution in [0, 0.1) is 11.8 Å². The van der Waals surface area contributed by atoms with Crippen molar-refractivity contribution in [2.75, 3.05) is 31.6 Å². The lowest BCUT2D eigenvalue weighted by atomic mass is 9.86. The molecule has 2 aliphatic heterocycles. The fourth-order valence-electron chi connectivity index (χ4n) is 4.32. The summed E-state index contributed by atoms with van der Waals surface area (Å²) in [6, 6.07) is 7.89. The van der Waals surface area contributed by atoms with Crippen LogP contribution in [0.2, 0.25) is 0 Å². The second-order valence-electron chi connectivity index (χ2n) is 9.17. The normalized spacial score (nSPS) is 26.3. The highest BCUT2D eigenvalue weighted by atomic mass is 16.7. The van der Waals surface area contributed by atoms with Gasteiger partial charge in [0.1, 0.15) is 0 Å². The van der Waals surface area contributed by atoms with Crippen molar-refractivity contribution in [3.63, 3.8) is 0 Å². The molecule has 1 aliphatic carbocycles. The maximum atomic E-state index is 12.8. The molecular formula is C22H30N2O4. The number of hydrogen-bond acceptors (Lipinski definition) is 4. The Labute approximate surface area is 166 Å². The van der Waals surface area contributed by atoms with Gasteiger partial charge in [-0.3, -0.25) is 9.59 Å². The minimum Gasteiger partial charge on any atom is -0.347 e. The number of para-hydroxylation sites is 1. The van der Waals surface area contributed by atoms with E-state index in [0.717, 1.165) is 11.3 Å². The number of benzene rings is 1. The van der Waals surface area contributed by atoms with Gasteiger partial charge in [-0.15, -0.1) is 0 Å². The Morgan fingerprint density at radius 3 is 2.36 bits per heavy atom. The number of piperidine rings is 1. The van der Waals surface area contributed by atoms with Crippen molar-refractivity contribution in [1.29, 1.82) is 0 Å². The molecule has 3 fully saturated rings. The number of hydrogen-bond donors (Lipinski definition) is 1. The fourth-order valence-corrected chi connectivity index (χ4v) is 4.32. The molecule has 1 aromatic rings. The first-order chi connectivity index (χ1) is 13.3. The number of nitrogens with zero attached hydrogens (tertiary/aromatic N) is 1. The second-order valence-corrected chi connectivity index (χ2v) is 9.17. The summed E-state index contributed by atoms with van der Waals surface area (Å²) in [7, 11) is 0. The molecule has 1 aromatic carbocycles. The van der Waals surface area contributed by atoms with Crippen LogP contribution >= 0.6 is 0 Å². The lowest BCUT2D eigenvalue weighted by Crippen LogP contribution is -2.48. The molecule has 1 spiro atoms. The van der Waals surface area contributed by atoms with E-state index in [1.54, 1.807) is 0 Å². The Hall–Kier alpha value is -1.92. The zero-order valence-corrected chi connectivity index (χ0v) is 17.0. The monoisotopic (exact) mass is 386 g/mol. The third-order valence-corrected chi connectivity index (χ3v) is 6.09. The van der Waals surface area contributed by atoms with Crippen LogP contribution in [-0.4, -0.2) is 48.8 Å². The third kappa shape index (κ3) is 3.80. The molecule has 152 valence electrons. The number of likely N-dealkylation sites (tertiary alicyclic amines) is 1. The molecule has 0 radical (unpaired) electrons. The first kappa shape index (κ1) is 19.4. The molecule has 2 amide bonds. The summed E-state index contributed by atoms with van der Waals surface area (Å²) in [4.78, 5) is 27.4. The van der Waals surface area contributed by atoms with Crippen LogP contribution in [0.25, 0.3) is 0 Å². The third-order valence-electron chi connectivity index (χ3n) is 6.09. The summed E-state index contributed by atoms with van der Waals surface area (Å²) in [5.41, 5.74) is 1.88. The molecule has 0 bridgehead atoms. The van der Waals surface area contributed by atoms with Crippen molar-refractivity contribution < 1.29 is 19.1 Å². The number of nitrogens with one attached hydrogen (secondary N) is 1. The van der Waals surface area contributed by atoms with Crippen molar-refractivity contribution in [3.05, 3.63) is 29.8 Å². The Bertz CT molecular complexity index is 754. The molecule has 28 heavy (non-hydrogen) atoms. The van der Waals surface area contributed by atoms with E-state index in [0.29, 0.717) is 45.6 Å². The summed E-state index contributed by atoms with van der Waals surface area (Å²) in [6.07, 6.45) is 2.06. The fraction of sp³-hybridized carbons (Fsp3) is 0.636. The van der Waals surface area contributed by atoms with E-state index in [1.165, 1.54) is 0 Å². The molecule has 0 aromatic heterocycles. The molecule has 1 N–H and O–H groups in total. The standard InChI is InChI=1S/C22H30N2O4/c1-21(2,3)17-6-4-5-7-18(17)23-19(25)15-14-16(15)20(26)24-10-8-22(9-11-24)27-12-13-28-22/h4-7,15-16H,8-14H2,1-3H3,(H,23,25). The maximum absolute atomic E-state index is 12.8. The topological polar surface area (TPSA) is 67.9 Å². The molecule has 6 nitrogen and oxygen atoms in total. The highest BCUT2D eigenvalue weighted by molar-refractivity contribution is 6.00. The number of carbonyl (C=O) groups excluding carboxylic acids is 2. The van der Waals surface area contributed by atoms with E-state index in [4.69, 9.17) is 9.47 Å². The Kier molecular flexibility index (Phi) is 4.96. The highest BCUT2D eigenvalue weighted by Crippen LogP contribution is 2.42. The van der Waals surface area contributed by atoms with Crippen molar-refractivity contribution in [1.82, 2.24) is 4.90 Å². The zero-order chi connectivity index (χ0) is 19.9. The largest absolute Gasteiger partial charge is 0.347 e. The van der Waals surface area contributed by atoms with Gasteiger partial charge in [0.15, 0.2) is 5.79 Å². The summed E-state index contributed by atoms with van der Waals surface area (Å²) in [5, 5.41) is 3.06. The van der Waals surface area contributed by atoms with Crippen LogP contribution < -0.4 is 5.32 Å². The minimum atomic E-state index is -0.478. The van der Waals surface area contributed by atoms with Gasteiger partial charge in [-0.05, 0) is 23.5 Å². The van der Waals surface area contributed by atoms with Gasteiger partial charge < -0.3 is 19.7 Å². The van der Waals surface area contributed by atoms with Crippen molar-refractivity contribution >= 4 is 17.5 Å². The minimum absolute atomic E-state index is 0.0500. The van der Waals surface area contributed by atoms with E-state index >= 15 is 0 Å². The predicted octanol–water partition coefficient (Wildman–Crippen LogP) is 2.92. The summed E-state index contributed by atoms with van der Waals surface area (Å²) < 4.78 is 11.5. The molecule has 4 rings (SSSR count). The van der Waals surface area contributed by atoms with E-state index in [2.05, 4.69) is 26.1 Å². The quantitative estimate of drug-likeness (QED) is 0.867. The van der Waals surface area contributed by atoms with Crippen LogP contribution in [0.15, 0.2) is 24.3 Å². The van der Waals surface area contributed by atoms with Crippen LogP contribution in [0.4, 0.5) is 5.69 Å². The average molecular weight is 386 g/mol.